The number of rotatable bonds is 7. The topological polar surface area (TPSA) is 100 Å². The van der Waals surface area contributed by atoms with Crippen LogP contribution in [-0.2, 0) is 32.6 Å². The average Bonchev–Trinajstić information content (AvgIpc) is 3.07. The van der Waals surface area contributed by atoms with E-state index >= 15 is 0 Å². The first kappa shape index (κ1) is 23.4. The summed E-state index contributed by atoms with van der Waals surface area (Å²) < 4.78 is 32.7. The molecule has 2 heterocycles. The fraction of sp³-hybridized carbons (Fsp3) is 0.417. The summed E-state index contributed by atoms with van der Waals surface area (Å²) in [6.07, 6.45) is 0. The van der Waals surface area contributed by atoms with Crippen molar-refractivity contribution >= 4 is 21.8 Å². The van der Waals surface area contributed by atoms with Gasteiger partial charge < -0.3 is 10.1 Å². The molecule has 1 amide bonds. The van der Waals surface area contributed by atoms with E-state index in [4.69, 9.17) is 4.74 Å². The minimum atomic E-state index is -3.65. The molecular formula is C24H30N4O4S. The molecule has 4 rings (SSSR count). The molecule has 9 heteroatoms. The van der Waals surface area contributed by atoms with Crippen molar-refractivity contribution in [3.8, 4) is 0 Å². The maximum absolute atomic E-state index is 13.1. The van der Waals surface area contributed by atoms with E-state index in [0.29, 0.717) is 12.1 Å². The van der Waals surface area contributed by atoms with Gasteiger partial charge in [0, 0.05) is 31.7 Å². The summed E-state index contributed by atoms with van der Waals surface area (Å²) in [6, 6.07) is 14.0. The second kappa shape index (κ2) is 10.0. The number of morpholine rings is 1. The number of hydrogen-bond acceptors (Lipinski definition) is 6. The molecule has 1 fully saturated rings. The zero-order valence-corrected chi connectivity index (χ0v) is 19.8. The van der Waals surface area contributed by atoms with Crippen LogP contribution in [-0.4, -0.2) is 57.4 Å². The van der Waals surface area contributed by atoms with Crippen LogP contribution in [0.5, 0.6) is 0 Å². The van der Waals surface area contributed by atoms with Crippen molar-refractivity contribution < 1.29 is 17.9 Å². The quantitative estimate of drug-likeness (QED) is 0.644. The number of hydrogen-bond donors (Lipinski definition) is 2. The van der Waals surface area contributed by atoms with Crippen LogP contribution in [0, 0.1) is 5.92 Å². The molecule has 0 aliphatic carbocycles. The highest BCUT2D eigenvalue weighted by Crippen LogP contribution is 2.23. The first-order chi connectivity index (χ1) is 15.8. The SMILES string of the molecule is CC(C)[C@H](N=C1NS(=O)(=O)c2ccccc21)C(=O)NCc1ccccc1CN1CCOCC1. The Morgan fingerprint density at radius 3 is 2.48 bits per heavy atom. The number of ether oxygens (including phenoxy) is 1. The Bertz CT molecular complexity index is 1140. The highest BCUT2D eigenvalue weighted by Gasteiger charge is 2.32. The van der Waals surface area contributed by atoms with Crippen molar-refractivity contribution in [3.05, 3.63) is 65.2 Å². The number of carbonyl (C=O) groups is 1. The summed E-state index contributed by atoms with van der Waals surface area (Å²) in [5.41, 5.74) is 2.72. The molecule has 0 unspecified atom stereocenters. The van der Waals surface area contributed by atoms with Crippen molar-refractivity contribution in [2.75, 3.05) is 26.3 Å². The zero-order valence-electron chi connectivity index (χ0n) is 19.0. The third-order valence-corrected chi connectivity index (χ3v) is 7.30. The van der Waals surface area contributed by atoms with E-state index in [-0.39, 0.29) is 22.6 Å². The largest absolute Gasteiger partial charge is 0.379 e. The Balaban J connectivity index is 1.48. The molecule has 0 bridgehead atoms. The first-order valence-corrected chi connectivity index (χ1v) is 12.7. The van der Waals surface area contributed by atoms with Gasteiger partial charge in [-0.1, -0.05) is 50.2 Å². The van der Waals surface area contributed by atoms with Gasteiger partial charge in [0.15, 0.2) is 0 Å². The predicted octanol–water partition coefficient (Wildman–Crippen LogP) is 1.90. The van der Waals surface area contributed by atoms with E-state index in [9.17, 15) is 13.2 Å². The number of amidine groups is 1. The second-order valence-electron chi connectivity index (χ2n) is 8.64. The van der Waals surface area contributed by atoms with Gasteiger partial charge >= 0.3 is 0 Å². The van der Waals surface area contributed by atoms with Crippen LogP contribution in [0.15, 0.2) is 58.4 Å². The van der Waals surface area contributed by atoms with Gasteiger partial charge in [0.1, 0.15) is 11.9 Å². The summed E-state index contributed by atoms with van der Waals surface area (Å²) >= 11 is 0. The van der Waals surface area contributed by atoms with Gasteiger partial charge in [-0.15, -0.1) is 0 Å². The van der Waals surface area contributed by atoms with Crippen LogP contribution in [0.2, 0.25) is 0 Å². The number of nitrogens with one attached hydrogen (secondary N) is 2. The highest BCUT2D eigenvalue weighted by molar-refractivity contribution is 7.90. The number of amides is 1. The van der Waals surface area contributed by atoms with Crippen LogP contribution >= 0.6 is 0 Å². The molecule has 2 N–H and O–H groups in total. The summed E-state index contributed by atoms with van der Waals surface area (Å²) in [6.45, 7) is 8.26. The first-order valence-electron chi connectivity index (χ1n) is 11.2. The molecule has 0 saturated carbocycles. The van der Waals surface area contributed by atoms with E-state index in [1.807, 2.05) is 32.0 Å². The molecule has 176 valence electrons. The Hall–Kier alpha value is -2.75. The average molecular weight is 471 g/mol. The molecule has 0 aromatic heterocycles. The third-order valence-electron chi connectivity index (χ3n) is 5.90. The van der Waals surface area contributed by atoms with E-state index in [1.54, 1.807) is 18.2 Å². The molecule has 2 aliphatic heterocycles. The molecule has 1 saturated heterocycles. The number of sulfonamides is 1. The van der Waals surface area contributed by atoms with Gasteiger partial charge in [0.2, 0.25) is 5.91 Å². The maximum atomic E-state index is 13.1. The molecule has 2 aromatic rings. The van der Waals surface area contributed by atoms with Crippen LogP contribution in [0.25, 0.3) is 0 Å². The van der Waals surface area contributed by atoms with E-state index in [1.165, 1.54) is 11.6 Å². The van der Waals surface area contributed by atoms with Gasteiger partial charge in [0.25, 0.3) is 10.0 Å². The van der Waals surface area contributed by atoms with E-state index < -0.39 is 16.1 Å². The lowest BCUT2D eigenvalue weighted by atomic mass is 10.0. The van der Waals surface area contributed by atoms with Crippen LogP contribution in [0.4, 0.5) is 0 Å². The minimum absolute atomic E-state index is 0.113. The Labute approximate surface area is 195 Å². The highest BCUT2D eigenvalue weighted by atomic mass is 32.2. The van der Waals surface area contributed by atoms with Gasteiger partial charge in [-0.2, -0.15) is 0 Å². The second-order valence-corrected chi connectivity index (χ2v) is 10.3. The standard InChI is InChI=1S/C24H30N4O4S/c1-17(2)22(26-23-20-9-5-6-10-21(20)33(30,31)27-23)24(29)25-15-18-7-3-4-8-19(18)16-28-11-13-32-14-12-28/h3-10,17,22H,11-16H2,1-2H3,(H,25,29)(H,26,27)/t22-/m0/s1. The van der Waals surface area contributed by atoms with Crippen LogP contribution in [0.1, 0.15) is 30.5 Å². The predicted molar refractivity (Wildman–Crippen MR) is 126 cm³/mol. The van der Waals surface area contributed by atoms with Crippen molar-refractivity contribution in [1.82, 2.24) is 14.9 Å². The summed E-state index contributed by atoms with van der Waals surface area (Å²) in [5, 5.41) is 3.01. The van der Waals surface area contributed by atoms with Crippen molar-refractivity contribution in [3.63, 3.8) is 0 Å². The van der Waals surface area contributed by atoms with Gasteiger partial charge in [-0.05, 0) is 29.2 Å². The lowest BCUT2D eigenvalue weighted by Crippen LogP contribution is -2.39. The molecule has 1 atom stereocenters. The molecule has 0 spiro atoms. The lowest BCUT2D eigenvalue weighted by Gasteiger charge is -2.27. The van der Waals surface area contributed by atoms with Gasteiger partial charge in [0.05, 0.1) is 18.1 Å². The van der Waals surface area contributed by atoms with E-state index in [0.717, 1.165) is 38.4 Å². The monoisotopic (exact) mass is 470 g/mol. The minimum Gasteiger partial charge on any atom is -0.379 e. The number of aliphatic imine (C=N–C) groups is 1. The molecule has 0 radical (unpaired) electrons. The number of nitrogens with zero attached hydrogens (tertiary/aromatic N) is 2. The number of fused-ring (bicyclic) bond motifs is 1. The summed E-state index contributed by atoms with van der Waals surface area (Å²) in [4.78, 5) is 20.2. The Morgan fingerprint density at radius 2 is 1.76 bits per heavy atom. The number of carbonyl (C=O) groups excluding carboxylic acids is 1. The van der Waals surface area contributed by atoms with Crippen molar-refractivity contribution in [1.29, 1.82) is 0 Å². The Morgan fingerprint density at radius 1 is 1.09 bits per heavy atom. The molecular weight excluding hydrogens is 440 g/mol. The molecule has 2 aromatic carbocycles. The smallest absolute Gasteiger partial charge is 0.263 e. The molecule has 8 nitrogen and oxygen atoms in total. The zero-order chi connectivity index (χ0) is 23.4. The fourth-order valence-corrected chi connectivity index (χ4v) is 5.29. The van der Waals surface area contributed by atoms with Crippen molar-refractivity contribution in [2.45, 2.75) is 37.9 Å². The normalized spacial score (nSPS) is 19.8. The van der Waals surface area contributed by atoms with Crippen LogP contribution < -0.4 is 10.0 Å². The van der Waals surface area contributed by atoms with Gasteiger partial charge in [-0.3, -0.25) is 19.4 Å². The molecule has 2 aliphatic rings. The maximum Gasteiger partial charge on any atom is 0.263 e. The molecule has 33 heavy (non-hydrogen) atoms. The summed E-state index contributed by atoms with van der Waals surface area (Å²) in [5.74, 6) is -0.132. The fourth-order valence-electron chi connectivity index (χ4n) is 4.05. The van der Waals surface area contributed by atoms with E-state index in [2.05, 4.69) is 26.0 Å². The number of benzene rings is 2. The summed E-state index contributed by atoms with van der Waals surface area (Å²) in [7, 11) is -3.65. The Kier molecular flexibility index (Phi) is 7.11. The lowest BCUT2D eigenvalue weighted by molar-refractivity contribution is -0.123. The van der Waals surface area contributed by atoms with Crippen molar-refractivity contribution in [2.24, 2.45) is 10.9 Å². The van der Waals surface area contributed by atoms with Crippen LogP contribution in [0.3, 0.4) is 0 Å². The third kappa shape index (κ3) is 5.43. The van der Waals surface area contributed by atoms with Gasteiger partial charge in [-0.25, -0.2) is 8.42 Å².